The van der Waals surface area contributed by atoms with Crippen molar-refractivity contribution in [2.24, 2.45) is 17.6 Å². The molecule has 31 heavy (non-hydrogen) atoms. The van der Waals surface area contributed by atoms with E-state index in [1.165, 1.54) is 0 Å². The topological polar surface area (TPSA) is 151 Å². The van der Waals surface area contributed by atoms with E-state index in [0.29, 0.717) is 0 Å². The molecule has 4 unspecified atom stereocenters. The minimum atomic E-state index is -1.19. The van der Waals surface area contributed by atoms with Gasteiger partial charge in [0.05, 0.1) is 6.04 Å². The molecule has 6 N–H and O–H groups in total. The summed E-state index contributed by atoms with van der Waals surface area (Å²) in [6.45, 7) is 6.77. The highest BCUT2D eigenvalue weighted by Crippen LogP contribution is 2.09. The second kappa shape index (κ2) is 12.7. The van der Waals surface area contributed by atoms with E-state index in [1.54, 1.807) is 38.1 Å². The van der Waals surface area contributed by atoms with Crippen LogP contribution < -0.4 is 21.7 Å². The molecule has 0 aromatic heterocycles. The number of nitrogens with two attached hydrogens (primary N) is 1. The average Bonchev–Trinajstić information content (AvgIpc) is 2.74. The molecule has 0 heterocycles. The fourth-order valence-corrected chi connectivity index (χ4v) is 2.90. The Morgan fingerprint density at radius 2 is 1.58 bits per heavy atom. The Morgan fingerprint density at radius 1 is 0.968 bits per heavy atom. The van der Waals surface area contributed by atoms with Gasteiger partial charge in [-0.1, -0.05) is 64.4 Å². The summed E-state index contributed by atoms with van der Waals surface area (Å²) in [6.07, 6.45) is 0.888. The maximum absolute atomic E-state index is 13.0. The van der Waals surface area contributed by atoms with Gasteiger partial charge in [-0.05, 0) is 17.4 Å². The van der Waals surface area contributed by atoms with Gasteiger partial charge in [-0.25, -0.2) is 0 Å². The maximum atomic E-state index is 13.0. The Bertz CT molecular complexity index is 754. The van der Waals surface area contributed by atoms with E-state index in [0.717, 1.165) is 12.0 Å². The zero-order valence-electron chi connectivity index (χ0n) is 18.6. The minimum absolute atomic E-state index is 0.0523. The molecule has 0 aliphatic rings. The third-order valence-electron chi connectivity index (χ3n) is 5.14. The van der Waals surface area contributed by atoms with Crippen molar-refractivity contribution in [2.45, 2.75) is 58.7 Å². The van der Waals surface area contributed by atoms with Crippen molar-refractivity contribution in [2.75, 3.05) is 6.54 Å². The predicted octanol–water partition coefficient (Wildman–Crippen LogP) is 0.429. The fourth-order valence-electron chi connectivity index (χ4n) is 2.90. The van der Waals surface area contributed by atoms with Crippen molar-refractivity contribution in [1.82, 2.24) is 16.0 Å². The van der Waals surface area contributed by atoms with Crippen LogP contribution in [0, 0.1) is 11.8 Å². The van der Waals surface area contributed by atoms with Gasteiger partial charge < -0.3 is 26.8 Å². The molecule has 0 radical (unpaired) electrons. The van der Waals surface area contributed by atoms with Crippen LogP contribution >= 0.6 is 0 Å². The van der Waals surface area contributed by atoms with Crippen LogP contribution in [0.15, 0.2) is 30.3 Å². The van der Waals surface area contributed by atoms with Crippen LogP contribution in [0.3, 0.4) is 0 Å². The number of hydrogen-bond acceptors (Lipinski definition) is 5. The number of carboxylic acid groups (broad SMARTS) is 1. The van der Waals surface area contributed by atoms with Crippen molar-refractivity contribution in [3.63, 3.8) is 0 Å². The standard InChI is InChI=1S/C22H34N4O5/c1-5-14(4)18(23)21(30)26-19(13(2)3)22(31)25-16(20(29)24-12-17(27)28)11-15-9-7-6-8-10-15/h6-10,13-14,16,18-19H,5,11-12,23H2,1-4H3,(H,24,29)(H,25,31)(H,26,30)(H,27,28). The first-order chi connectivity index (χ1) is 14.6. The first-order valence-electron chi connectivity index (χ1n) is 10.5. The van der Waals surface area contributed by atoms with E-state index in [2.05, 4.69) is 16.0 Å². The highest BCUT2D eigenvalue weighted by atomic mass is 16.4. The lowest BCUT2D eigenvalue weighted by molar-refractivity contribution is -0.138. The molecule has 9 heteroatoms. The lowest BCUT2D eigenvalue weighted by atomic mass is 9.97. The van der Waals surface area contributed by atoms with Crippen molar-refractivity contribution in [3.8, 4) is 0 Å². The summed E-state index contributed by atoms with van der Waals surface area (Å²) in [7, 11) is 0. The van der Waals surface area contributed by atoms with Gasteiger partial charge in [-0.15, -0.1) is 0 Å². The second-order valence-electron chi connectivity index (χ2n) is 8.00. The van der Waals surface area contributed by atoms with Gasteiger partial charge >= 0.3 is 5.97 Å². The van der Waals surface area contributed by atoms with Gasteiger partial charge in [0.1, 0.15) is 18.6 Å². The largest absolute Gasteiger partial charge is 0.480 e. The van der Waals surface area contributed by atoms with Crippen molar-refractivity contribution in [1.29, 1.82) is 0 Å². The number of benzene rings is 1. The van der Waals surface area contributed by atoms with Crippen LogP contribution in [0.2, 0.25) is 0 Å². The van der Waals surface area contributed by atoms with Crippen LogP contribution in [-0.4, -0.2) is 53.5 Å². The molecule has 1 aromatic rings. The summed E-state index contributed by atoms with van der Waals surface area (Å²) >= 11 is 0. The molecule has 3 amide bonds. The average molecular weight is 435 g/mol. The van der Waals surface area contributed by atoms with E-state index >= 15 is 0 Å². The van der Waals surface area contributed by atoms with Gasteiger partial charge in [0.2, 0.25) is 17.7 Å². The Morgan fingerprint density at radius 3 is 2.10 bits per heavy atom. The van der Waals surface area contributed by atoms with Crippen LogP contribution in [0.25, 0.3) is 0 Å². The number of carbonyl (C=O) groups excluding carboxylic acids is 3. The van der Waals surface area contributed by atoms with E-state index < -0.39 is 48.4 Å². The quantitative estimate of drug-likeness (QED) is 0.322. The molecule has 0 saturated carbocycles. The Kier molecular flexibility index (Phi) is 10.7. The van der Waals surface area contributed by atoms with Crippen molar-refractivity contribution >= 4 is 23.7 Å². The lowest BCUT2D eigenvalue weighted by Gasteiger charge is -2.27. The van der Waals surface area contributed by atoms with E-state index in [1.807, 2.05) is 19.9 Å². The molecule has 172 valence electrons. The molecule has 4 atom stereocenters. The van der Waals surface area contributed by atoms with Gasteiger partial charge in [-0.2, -0.15) is 0 Å². The summed E-state index contributed by atoms with van der Waals surface area (Å²) in [6, 6.07) is 6.38. The second-order valence-corrected chi connectivity index (χ2v) is 8.00. The smallest absolute Gasteiger partial charge is 0.322 e. The van der Waals surface area contributed by atoms with Gasteiger partial charge in [-0.3, -0.25) is 19.2 Å². The van der Waals surface area contributed by atoms with Gasteiger partial charge in [0.15, 0.2) is 0 Å². The minimum Gasteiger partial charge on any atom is -0.480 e. The van der Waals surface area contributed by atoms with Gasteiger partial charge in [0.25, 0.3) is 0 Å². The summed E-state index contributed by atoms with van der Waals surface area (Å²) in [5, 5.41) is 16.5. The Balaban J connectivity index is 2.96. The van der Waals surface area contributed by atoms with Crippen LogP contribution in [-0.2, 0) is 25.6 Å². The number of carboxylic acids is 1. The zero-order valence-corrected chi connectivity index (χ0v) is 18.6. The molecule has 0 bridgehead atoms. The summed E-state index contributed by atoms with van der Waals surface area (Å²) in [5.41, 5.74) is 6.77. The molecular formula is C22H34N4O5. The Hall–Kier alpha value is -2.94. The summed E-state index contributed by atoms with van der Waals surface area (Å²) < 4.78 is 0. The molecule has 0 fully saturated rings. The molecule has 0 saturated heterocycles. The van der Waals surface area contributed by atoms with Gasteiger partial charge in [0, 0.05) is 6.42 Å². The lowest BCUT2D eigenvalue weighted by Crippen LogP contribution is -2.58. The number of carbonyl (C=O) groups is 4. The van der Waals surface area contributed by atoms with E-state index in [-0.39, 0.29) is 18.3 Å². The molecule has 0 aliphatic heterocycles. The van der Waals surface area contributed by atoms with Crippen LogP contribution in [0.5, 0.6) is 0 Å². The maximum Gasteiger partial charge on any atom is 0.322 e. The summed E-state index contributed by atoms with van der Waals surface area (Å²) in [5.74, 6) is -3.09. The molecule has 9 nitrogen and oxygen atoms in total. The normalized spacial score (nSPS) is 14.8. The SMILES string of the molecule is CCC(C)C(N)C(=O)NC(C(=O)NC(Cc1ccccc1)C(=O)NCC(=O)O)C(C)C. The van der Waals surface area contributed by atoms with E-state index in [9.17, 15) is 19.2 Å². The monoisotopic (exact) mass is 434 g/mol. The van der Waals surface area contributed by atoms with Crippen LogP contribution in [0.1, 0.15) is 39.7 Å². The molecule has 1 aromatic carbocycles. The first-order valence-corrected chi connectivity index (χ1v) is 10.5. The summed E-state index contributed by atoms with van der Waals surface area (Å²) in [4.78, 5) is 48.8. The van der Waals surface area contributed by atoms with E-state index in [4.69, 9.17) is 10.8 Å². The predicted molar refractivity (Wildman–Crippen MR) is 117 cm³/mol. The van der Waals surface area contributed by atoms with Crippen molar-refractivity contribution < 1.29 is 24.3 Å². The first kappa shape index (κ1) is 26.1. The highest BCUT2D eigenvalue weighted by molar-refractivity contribution is 5.94. The fraction of sp³-hybridized carbons (Fsp3) is 0.545. The molecule has 1 rings (SSSR count). The number of rotatable bonds is 12. The zero-order chi connectivity index (χ0) is 23.6. The third kappa shape index (κ3) is 8.75. The Labute approximate surface area is 183 Å². The number of nitrogens with one attached hydrogen (secondary N) is 3. The van der Waals surface area contributed by atoms with Crippen molar-refractivity contribution in [3.05, 3.63) is 35.9 Å². The van der Waals surface area contributed by atoms with Crippen LogP contribution in [0.4, 0.5) is 0 Å². The number of aliphatic carboxylic acids is 1. The number of amides is 3. The molecular weight excluding hydrogens is 400 g/mol. The molecule has 0 aliphatic carbocycles. The third-order valence-corrected chi connectivity index (χ3v) is 5.14. The number of hydrogen-bond donors (Lipinski definition) is 5. The highest BCUT2D eigenvalue weighted by Gasteiger charge is 2.31. The molecule has 0 spiro atoms.